The number of sulfonamides is 1. The highest BCUT2D eigenvalue weighted by Crippen LogP contribution is 2.25. The van der Waals surface area contributed by atoms with E-state index < -0.39 is 15.9 Å². The molecule has 3 aromatic rings. The molecule has 9 heteroatoms. The van der Waals surface area contributed by atoms with Gasteiger partial charge in [0.1, 0.15) is 0 Å². The van der Waals surface area contributed by atoms with E-state index in [9.17, 15) is 13.2 Å². The van der Waals surface area contributed by atoms with Crippen molar-refractivity contribution in [3.8, 4) is 11.4 Å². The number of carbonyl (C=O) groups is 1. The van der Waals surface area contributed by atoms with E-state index in [1.165, 1.54) is 9.21 Å². The van der Waals surface area contributed by atoms with Crippen LogP contribution in [0, 0.1) is 12.8 Å². The lowest BCUT2D eigenvalue weighted by molar-refractivity contribution is -0.136. The Kier molecular flexibility index (Phi) is 6.38. The van der Waals surface area contributed by atoms with Gasteiger partial charge in [0.05, 0.1) is 17.4 Å². The monoisotopic (exact) mass is 454 g/mol. The van der Waals surface area contributed by atoms with Crippen LogP contribution in [-0.4, -0.2) is 53.8 Å². The van der Waals surface area contributed by atoms with E-state index in [1.54, 1.807) is 37.4 Å². The van der Waals surface area contributed by atoms with Crippen LogP contribution in [0.2, 0.25) is 0 Å². The third-order valence-corrected chi connectivity index (χ3v) is 7.60. The molecule has 0 bridgehead atoms. The first-order valence-corrected chi connectivity index (χ1v) is 12.0. The van der Waals surface area contributed by atoms with Gasteiger partial charge in [-0.25, -0.2) is 8.42 Å². The highest BCUT2D eigenvalue weighted by molar-refractivity contribution is 7.89. The number of aromatic nitrogens is 2. The van der Waals surface area contributed by atoms with E-state index in [2.05, 4.69) is 10.1 Å². The lowest BCUT2D eigenvalue weighted by Gasteiger charge is -2.33. The number of carbonyl (C=O) groups excluding carboxylic acids is 1. The Balaban J connectivity index is 1.42. The second-order valence-corrected chi connectivity index (χ2v) is 9.97. The molecule has 1 saturated heterocycles. The van der Waals surface area contributed by atoms with Crippen molar-refractivity contribution in [2.45, 2.75) is 31.2 Å². The minimum atomic E-state index is -3.62. The minimum absolute atomic E-state index is 0.131. The summed E-state index contributed by atoms with van der Waals surface area (Å²) in [6, 6.07) is 16.1. The number of piperidine rings is 1. The van der Waals surface area contributed by atoms with Crippen molar-refractivity contribution in [3.05, 3.63) is 66.1 Å². The fraction of sp³-hybridized carbons (Fsp3) is 0.348. The molecular formula is C23H26N4O4S. The zero-order valence-electron chi connectivity index (χ0n) is 18.1. The largest absolute Gasteiger partial charge is 0.337 e. The Bertz CT molecular complexity index is 1190. The number of hydrogen-bond donors (Lipinski definition) is 0. The topological polar surface area (TPSA) is 96.6 Å². The average Bonchev–Trinajstić information content (AvgIpc) is 3.27. The van der Waals surface area contributed by atoms with Gasteiger partial charge >= 0.3 is 0 Å². The SMILES string of the molecule is Cc1ccccc1-c1noc(CN(C)C(=O)[C@H]2CCCN(S(=O)(=O)c3ccccc3)C2)n1. The van der Waals surface area contributed by atoms with Gasteiger partial charge in [-0.05, 0) is 37.5 Å². The number of benzene rings is 2. The quantitative estimate of drug-likeness (QED) is 0.568. The van der Waals surface area contributed by atoms with Gasteiger partial charge < -0.3 is 9.42 Å². The predicted molar refractivity (Wildman–Crippen MR) is 119 cm³/mol. The molecule has 32 heavy (non-hydrogen) atoms. The molecule has 168 valence electrons. The third kappa shape index (κ3) is 4.58. The minimum Gasteiger partial charge on any atom is -0.337 e. The zero-order chi connectivity index (χ0) is 22.7. The van der Waals surface area contributed by atoms with Crippen molar-refractivity contribution in [2.75, 3.05) is 20.1 Å². The van der Waals surface area contributed by atoms with Crippen LogP contribution in [0.1, 0.15) is 24.3 Å². The molecule has 0 spiro atoms. The van der Waals surface area contributed by atoms with Crippen molar-refractivity contribution in [1.82, 2.24) is 19.3 Å². The summed E-state index contributed by atoms with van der Waals surface area (Å²) in [6.45, 7) is 2.71. The van der Waals surface area contributed by atoms with Crippen LogP contribution in [0.3, 0.4) is 0 Å². The fourth-order valence-electron chi connectivity index (χ4n) is 3.95. The van der Waals surface area contributed by atoms with Crippen LogP contribution in [0.4, 0.5) is 0 Å². The number of nitrogens with zero attached hydrogens (tertiary/aromatic N) is 4. The van der Waals surface area contributed by atoms with Crippen LogP contribution >= 0.6 is 0 Å². The molecule has 1 aliphatic rings. The maximum absolute atomic E-state index is 13.1. The number of amides is 1. The Morgan fingerprint density at radius 1 is 1.16 bits per heavy atom. The maximum Gasteiger partial charge on any atom is 0.246 e. The summed E-state index contributed by atoms with van der Waals surface area (Å²) in [6.07, 6.45) is 1.27. The van der Waals surface area contributed by atoms with Gasteiger partial charge in [-0.2, -0.15) is 9.29 Å². The van der Waals surface area contributed by atoms with Gasteiger partial charge in [0.15, 0.2) is 0 Å². The molecule has 1 fully saturated rings. The lowest BCUT2D eigenvalue weighted by atomic mass is 9.98. The van der Waals surface area contributed by atoms with Gasteiger partial charge in [-0.15, -0.1) is 0 Å². The summed E-state index contributed by atoms with van der Waals surface area (Å²) < 4.78 is 32.7. The molecule has 0 saturated carbocycles. The molecule has 0 N–H and O–H groups in total. The highest BCUT2D eigenvalue weighted by atomic mass is 32.2. The lowest BCUT2D eigenvalue weighted by Crippen LogP contribution is -2.45. The van der Waals surface area contributed by atoms with Gasteiger partial charge in [0.2, 0.25) is 27.6 Å². The summed E-state index contributed by atoms with van der Waals surface area (Å²) in [4.78, 5) is 19.3. The van der Waals surface area contributed by atoms with E-state index in [0.717, 1.165) is 11.1 Å². The molecule has 0 radical (unpaired) electrons. The van der Waals surface area contributed by atoms with Crippen LogP contribution in [0.15, 0.2) is 64.0 Å². The van der Waals surface area contributed by atoms with Crippen LogP contribution in [-0.2, 0) is 21.4 Å². The molecule has 4 rings (SSSR count). The molecule has 1 aromatic heterocycles. The van der Waals surface area contributed by atoms with Crippen molar-refractivity contribution in [3.63, 3.8) is 0 Å². The smallest absolute Gasteiger partial charge is 0.246 e. The summed E-state index contributed by atoms with van der Waals surface area (Å²) in [5, 5.41) is 4.04. The van der Waals surface area contributed by atoms with E-state index in [4.69, 9.17) is 4.52 Å². The Morgan fingerprint density at radius 3 is 2.62 bits per heavy atom. The van der Waals surface area contributed by atoms with Crippen molar-refractivity contribution in [2.24, 2.45) is 5.92 Å². The molecule has 8 nitrogen and oxygen atoms in total. The molecule has 0 aliphatic carbocycles. The van der Waals surface area contributed by atoms with Crippen molar-refractivity contribution >= 4 is 15.9 Å². The second-order valence-electron chi connectivity index (χ2n) is 8.04. The van der Waals surface area contributed by atoms with Crippen molar-refractivity contribution < 1.29 is 17.7 Å². The standard InChI is InChI=1S/C23H26N4O4S/c1-17-9-6-7-13-20(17)22-24-21(31-25-22)16-26(2)23(28)18-10-8-14-27(15-18)32(29,30)19-11-4-3-5-12-19/h3-7,9,11-13,18H,8,10,14-16H2,1-2H3/t18-/m0/s1. The first-order valence-electron chi connectivity index (χ1n) is 10.5. The summed E-state index contributed by atoms with van der Waals surface area (Å²) in [5.74, 6) is 0.278. The number of hydrogen-bond acceptors (Lipinski definition) is 6. The van der Waals surface area contributed by atoms with Gasteiger partial charge in [-0.3, -0.25) is 4.79 Å². The average molecular weight is 455 g/mol. The van der Waals surface area contributed by atoms with Crippen molar-refractivity contribution in [1.29, 1.82) is 0 Å². The van der Waals surface area contributed by atoms with Gasteiger partial charge in [0.25, 0.3) is 0 Å². The van der Waals surface area contributed by atoms with E-state index in [-0.39, 0.29) is 23.9 Å². The fourth-order valence-corrected chi connectivity index (χ4v) is 5.49. The molecule has 1 atom stereocenters. The molecule has 1 amide bonds. The number of aryl methyl sites for hydroxylation is 1. The van der Waals surface area contributed by atoms with E-state index >= 15 is 0 Å². The van der Waals surface area contributed by atoms with Gasteiger partial charge in [0, 0.05) is 25.7 Å². The third-order valence-electron chi connectivity index (χ3n) is 5.72. The molecular weight excluding hydrogens is 428 g/mol. The normalized spacial score (nSPS) is 17.2. The molecule has 0 unspecified atom stereocenters. The Hall–Kier alpha value is -3.04. The Labute approximate surface area is 187 Å². The molecule has 1 aliphatic heterocycles. The summed E-state index contributed by atoms with van der Waals surface area (Å²) >= 11 is 0. The second kappa shape index (κ2) is 9.22. The number of rotatable bonds is 6. The van der Waals surface area contributed by atoms with E-state index in [1.807, 2.05) is 31.2 Å². The van der Waals surface area contributed by atoms with Crippen LogP contribution in [0.25, 0.3) is 11.4 Å². The maximum atomic E-state index is 13.1. The summed E-state index contributed by atoms with van der Waals surface area (Å²) in [5.41, 5.74) is 1.91. The predicted octanol–water partition coefficient (Wildman–Crippen LogP) is 3.10. The first kappa shape index (κ1) is 22.2. The summed E-state index contributed by atoms with van der Waals surface area (Å²) in [7, 11) is -1.95. The first-order chi connectivity index (χ1) is 15.4. The van der Waals surface area contributed by atoms with Gasteiger partial charge in [-0.1, -0.05) is 47.6 Å². The van der Waals surface area contributed by atoms with E-state index in [0.29, 0.717) is 31.1 Å². The zero-order valence-corrected chi connectivity index (χ0v) is 19.0. The van der Waals surface area contributed by atoms with Crippen LogP contribution < -0.4 is 0 Å². The van der Waals surface area contributed by atoms with Crippen LogP contribution in [0.5, 0.6) is 0 Å². The Morgan fingerprint density at radius 2 is 1.88 bits per heavy atom. The highest BCUT2D eigenvalue weighted by Gasteiger charge is 2.34. The molecule has 2 heterocycles. The molecule has 2 aromatic carbocycles.